The van der Waals surface area contributed by atoms with Gasteiger partial charge in [0.2, 0.25) is 0 Å². The zero-order chi connectivity index (χ0) is 12.8. The summed E-state index contributed by atoms with van der Waals surface area (Å²) in [6.45, 7) is 4.61. The number of hydrogen-bond donors (Lipinski definition) is 2. The first-order valence-corrected chi connectivity index (χ1v) is 6.22. The lowest BCUT2D eigenvalue weighted by molar-refractivity contribution is 0.463. The lowest BCUT2D eigenvalue weighted by Gasteiger charge is -2.08. The highest BCUT2D eigenvalue weighted by Gasteiger charge is 1.99. The number of para-hydroxylation sites is 1. The van der Waals surface area contributed by atoms with Gasteiger partial charge in [-0.25, -0.2) is 4.98 Å². The van der Waals surface area contributed by atoms with Crippen LogP contribution in [-0.4, -0.2) is 21.2 Å². The summed E-state index contributed by atoms with van der Waals surface area (Å²) >= 11 is 0. The number of aryl methyl sites for hydroxylation is 2. The molecule has 0 aliphatic heterocycles. The van der Waals surface area contributed by atoms with Gasteiger partial charge in [-0.2, -0.15) is 0 Å². The first-order chi connectivity index (χ1) is 8.77. The van der Waals surface area contributed by atoms with Gasteiger partial charge in [-0.3, -0.25) is 0 Å². The Morgan fingerprint density at radius 1 is 1.33 bits per heavy atom. The number of hydrogen-bond acceptors (Lipinski definition) is 3. The molecule has 4 heteroatoms. The smallest absolute Gasteiger partial charge is 0.120 e. The average Bonchev–Trinajstić information content (AvgIpc) is 2.77. The van der Waals surface area contributed by atoms with Crippen molar-refractivity contribution in [1.82, 2.24) is 14.9 Å². The van der Waals surface area contributed by atoms with Crippen LogP contribution < -0.4 is 5.32 Å². The van der Waals surface area contributed by atoms with E-state index < -0.39 is 0 Å². The minimum atomic E-state index is 0.357. The molecule has 0 bridgehead atoms. The van der Waals surface area contributed by atoms with Crippen LogP contribution in [0.2, 0.25) is 0 Å². The number of phenolic OH excluding ortho intramolecular Hbond substituents is 1. The van der Waals surface area contributed by atoms with Gasteiger partial charge in [0.05, 0.1) is 0 Å². The lowest BCUT2D eigenvalue weighted by Crippen LogP contribution is -2.16. The molecule has 0 fully saturated rings. The van der Waals surface area contributed by atoms with Crippen LogP contribution in [0.3, 0.4) is 0 Å². The lowest BCUT2D eigenvalue weighted by atomic mass is 10.2. The predicted molar refractivity (Wildman–Crippen MR) is 71.4 cm³/mol. The highest BCUT2D eigenvalue weighted by molar-refractivity contribution is 5.31. The van der Waals surface area contributed by atoms with Crippen molar-refractivity contribution in [2.45, 2.75) is 26.4 Å². The number of aromatic nitrogens is 2. The van der Waals surface area contributed by atoms with Crippen molar-refractivity contribution >= 4 is 0 Å². The number of nitrogens with zero attached hydrogens (tertiary/aromatic N) is 2. The molecular formula is C14H19N3O. The molecule has 0 atom stereocenters. The maximum atomic E-state index is 9.60. The molecule has 0 unspecified atom stereocenters. The highest BCUT2D eigenvalue weighted by Crippen LogP contribution is 2.14. The molecule has 18 heavy (non-hydrogen) atoms. The van der Waals surface area contributed by atoms with E-state index in [1.807, 2.05) is 37.5 Å². The maximum absolute atomic E-state index is 9.60. The molecule has 0 amide bonds. The second-order valence-electron chi connectivity index (χ2n) is 4.33. The molecule has 0 saturated carbocycles. The van der Waals surface area contributed by atoms with E-state index in [0.29, 0.717) is 12.3 Å². The molecule has 0 aliphatic rings. The molecule has 96 valence electrons. The first-order valence-electron chi connectivity index (χ1n) is 6.22. The second-order valence-corrected chi connectivity index (χ2v) is 4.33. The van der Waals surface area contributed by atoms with Crippen LogP contribution in [0.25, 0.3) is 0 Å². The van der Waals surface area contributed by atoms with Crippen LogP contribution in [0.5, 0.6) is 5.75 Å². The monoisotopic (exact) mass is 245 g/mol. The Labute approximate surface area is 107 Å². The number of phenols is 1. The zero-order valence-corrected chi connectivity index (χ0v) is 10.6. The highest BCUT2D eigenvalue weighted by atomic mass is 16.3. The van der Waals surface area contributed by atoms with Crippen molar-refractivity contribution in [2.24, 2.45) is 0 Å². The van der Waals surface area contributed by atoms with Crippen molar-refractivity contribution in [3.05, 3.63) is 48.0 Å². The van der Waals surface area contributed by atoms with Gasteiger partial charge in [0.1, 0.15) is 11.6 Å². The third-order valence-electron chi connectivity index (χ3n) is 2.98. The molecule has 0 spiro atoms. The summed E-state index contributed by atoms with van der Waals surface area (Å²) in [5.41, 5.74) is 0.941. The summed E-state index contributed by atoms with van der Waals surface area (Å²) < 4.78 is 2.14. The molecule has 1 aromatic heterocycles. The number of rotatable bonds is 6. The summed E-state index contributed by atoms with van der Waals surface area (Å²) in [7, 11) is 0. The fraction of sp³-hybridized carbons (Fsp3) is 0.357. The third kappa shape index (κ3) is 3.34. The van der Waals surface area contributed by atoms with E-state index in [4.69, 9.17) is 0 Å². The Bertz CT molecular complexity index is 493. The molecule has 4 nitrogen and oxygen atoms in total. The molecule has 1 aromatic carbocycles. The number of nitrogens with one attached hydrogen (secondary N) is 1. The van der Waals surface area contributed by atoms with Crippen molar-refractivity contribution in [3.63, 3.8) is 0 Å². The summed E-state index contributed by atoms with van der Waals surface area (Å²) in [4.78, 5) is 4.18. The Hall–Kier alpha value is -1.81. The van der Waals surface area contributed by atoms with Crippen molar-refractivity contribution in [3.8, 4) is 5.75 Å². The largest absolute Gasteiger partial charge is 0.508 e. The molecule has 0 aliphatic carbocycles. The van der Waals surface area contributed by atoms with Gasteiger partial charge >= 0.3 is 0 Å². The number of imidazole rings is 1. The quantitative estimate of drug-likeness (QED) is 0.766. The summed E-state index contributed by atoms with van der Waals surface area (Å²) in [6, 6.07) is 7.42. The van der Waals surface area contributed by atoms with Gasteiger partial charge in [0.15, 0.2) is 0 Å². The van der Waals surface area contributed by atoms with Gasteiger partial charge in [0, 0.05) is 31.0 Å². The number of aromatic hydroxyl groups is 1. The molecule has 1 heterocycles. The molecular weight excluding hydrogens is 226 g/mol. The molecule has 0 radical (unpaired) electrons. The van der Waals surface area contributed by atoms with Crippen molar-refractivity contribution in [2.75, 3.05) is 6.54 Å². The molecule has 0 saturated heterocycles. The first kappa shape index (κ1) is 12.6. The topological polar surface area (TPSA) is 50.1 Å². The van der Waals surface area contributed by atoms with Crippen molar-refractivity contribution in [1.29, 1.82) is 0 Å². The van der Waals surface area contributed by atoms with Gasteiger partial charge in [0.25, 0.3) is 0 Å². The van der Waals surface area contributed by atoms with Crippen LogP contribution in [0.15, 0.2) is 36.7 Å². The predicted octanol–water partition coefficient (Wildman–Crippen LogP) is 2.08. The van der Waals surface area contributed by atoms with E-state index in [9.17, 15) is 5.11 Å². The Kier molecular flexibility index (Phi) is 4.36. The van der Waals surface area contributed by atoms with Crippen LogP contribution >= 0.6 is 0 Å². The maximum Gasteiger partial charge on any atom is 0.120 e. The van der Waals surface area contributed by atoms with Gasteiger partial charge in [-0.1, -0.05) is 18.2 Å². The van der Waals surface area contributed by atoms with Crippen LogP contribution in [0.1, 0.15) is 17.8 Å². The average molecular weight is 245 g/mol. The summed E-state index contributed by atoms with van der Waals surface area (Å²) in [6.07, 6.45) is 4.87. The van der Waals surface area contributed by atoms with Gasteiger partial charge in [-0.15, -0.1) is 0 Å². The minimum Gasteiger partial charge on any atom is -0.508 e. The fourth-order valence-corrected chi connectivity index (χ4v) is 1.90. The SMILES string of the molecule is Cc1nccn1CCCNCc1ccccc1O. The van der Waals surface area contributed by atoms with Crippen LogP contribution in [0, 0.1) is 6.92 Å². The fourth-order valence-electron chi connectivity index (χ4n) is 1.90. The Morgan fingerprint density at radius 3 is 2.89 bits per heavy atom. The standard InChI is InChI=1S/C14H19N3O/c1-12-16-8-10-17(12)9-4-7-15-11-13-5-2-3-6-14(13)18/h2-3,5-6,8,10,15,18H,4,7,9,11H2,1H3. The minimum absolute atomic E-state index is 0.357. The molecule has 2 aromatic rings. The van der Waals surface area contributed by atoms with E-state index >= 15 is 0 Å². The molecule has 2 N–H and O–H groups in total. The molecule has 2 rings (SSSR count). The third-order valence-corrected chi connectivity index (χ3v) is 2.98. The summed E-state index contributed by atoms with van der Waals surface area (Å²) in [5, 5.41) is 12.9. The Morgan fingerprint density at radius 2 is 2.17 bits per heavy atom. The van der Waals surface area contributed by atoms with Gasteiger partial charge in [-0.05, 0) is 26.0 Å². The van der Waals surface area contributed by atoms with Gasteiger partial charge < -0.3 is 15.0 Å². The van der Waals surface area contributed by atoms with Crippen LogP contribution in [0.4, 0.5) is 0 Å². The van der Waals surface area contributed by atoms with E-state index in [2.05, 4.69) is 14.9 Å². The van der Waals surface area contributed by atoms with E-state index in [1.165, 1.54) is 0 Å². The number of benzene rings is 1. The second kappa shape index (κ2) is 6.21. The van der Waals surface area contributed by atoms with E-state index in [1.54, 1.807) is 6.07 Å². The van der Waals surface area contributed by atoms with Crippen molar-refractivity contribution < 1.29 is 5.11 Å². The van der Waals surface area contributed by atoms with E-state index in [0.717, 1.165) is 30.9 Å². The zero-order valence-electron chi connectivity index (χ0n) is 10.6. The van der Waals surface area contributed by atoms with E-state index in [-0.39, 0.29) is 0 Å². The summed E-state index contributed by atoms with van der Waals surface area (Å²) in [5.74, 6) is 1.41. The van der Waals surface area contributed by atoms with Crippen LogP contribution in [-0.2, 0) is 13.1 Å². The Balaban J connectivity index is 1.68. The normalized spacial score (nSPS) is 10.7.